The largest absolute Gasteiger partial charge is 0.508 e. The summed E-state index contributed by atoms with van der Waals surface area (Å²) in [7, 11) is 0. The number of aliphatic hydroxyl groups is 10. The number of aromatic hydroxyl groups is 1. The molecule has 2 heterocycles. The number of nitrogens with two attached hydrogens (primary N) is 4. The lowest BCUT2D eigenvalue weighted by atomic mass is 9.99. The van der Waals surface area contributed by atoms with Gasteiger partial charge in [0, 0.05) is 39.1 Å². The van der Waals surface area contributed by atoms with Crippen LogP contribution < -0.4 is 129 Å². The third kappa shape index (κ3) is 41.0. The number of urea groups is 3. The summed E-state index contributed by atoms with van der Waals surface area (Å²) >= 11 is 0. The molecular formula is C83H136N26O35. The van der Waals surface area contributed by atoms with Crippen molar-refractivity contribution in [2.24, 2.45) is 28.9 Å². The third-order valence-electron chi connectivity index (χ3n) is 22.3. The number of aliphatic hydroxyl groups excluding tert-OH is 10. The number of phenolic OH excluding ortho intramolecular Hbond substituents is 1. The monoisotopic (exact) mass is 2060 g/mol. The Kier molecular flexibility index (Phi) is 53.6. The van der Waals surface area contributed by atoms with Crippen molar-refractivity contribution in [2.75, 3.05) is 85.5 Å². The van der Waals surface area contributed by atoms with Gasteiger partial charge in [-0.2, -0.15) is 0 Å². The molecule has 0 unspecified atom stereocenters. The normalized spacial score (nSPS) is 17.4. The first-order valence-electron chi connectivity index (χ1n) is 45.7. The van der Waals surface area contributed by atoms with Gasteiger partial charge in [-0.05, 0) is 122 Å². The molecule has 2 aliphatic heterocycles. The predicted octanol–water partition coefficient (Wildman–Crippen LogP) is -18.7. The number of carbonyl (C=O) groups excluding carboxylic acids is 22. The maximum absolute atomic E-state index is 14.6. The van der Waals surface area contributed by atoms with Gasteiger partial charge in [0.15, 0.2) is 0 Å². The predicted molar refractivity (Wildman–Crippen MR) is 492 cm³/mol. The van der Waals surface area contributed by atoms with Gasteiger partial charge in [-0.15, -0.1) is 0 Å². The maximum atomic E-state index is 14.6. The summed E-state index contributed by atoms with van der Waals surface area (Å²) in [6, 6.07) is -30.9. The Morgan fingerprint density at radius 3 is 1.06 bits per heavy atom. The van der Waals surface area contributed by atoms with Crippen molar-refractivity contribution in [3.8, 4) is 5.75 Å². The molecule has 1 aromatic carbocycles. The molecule has 61 nitrogen and oxygen atoms in total. The number of phenols is 1. The summed E-state index contributed by atoms with van der Waals surface area (Å²) in [5, 5.41) is 169. The van der Waals surface area contributed by atoms with E-state index in [1.165, 1.54) is 43.0 Å². The number of nitrogens with zero attached hydrogens (tertiary/aromatic N) is 2. The molecule has 2 saturated heterocycles. The first kappa shape index (κ1) is 124. The summed E-state index contributed by atoms with van der Waals surface area (Å²) in [5.74, 6) is -25.5. The molecule has 3 rings (SSSR count). The number of hydrogen-bond acceptors (Lipinski definition) is 35. The third-order valence-corrected chi connectivity index (χ3v) is 22.3. The van der Waals surface area contributed by atoms with Crippen LogP contribution in [0.3, 0.4) is 0 Å². The number of hydrogen-bond donors (Lipinski definition) is 36. The first-order valence-corrected chi connectivity index (χ1v) is 45.7. The molecule has 0 aliphatic carbocycles. The van der Waals surface area contributed by atoms with E-state index in [0.29, 0.717) is 6.42 Å². The van der Waals surface area contributed by atoms with Crippen molar-refractivity contribution >= 4 is 136 Å². The van der Waals surface area contributed by atoms with Gasteiger partial charge in [0.2, 0.25) is 112 Å². The molecule has 0 radical (unpaired) electrons. The zero-order valence-corrected chi connectivity index (χ0v) is 80.0. The average molecular weight is 2060 g/mol. The molecule has 808 valence electrons. The summed E-state index contributed by atoms with van der Waals surface area (Å²) in [6.45, 7) is -1.27. The molecule has 40 N–H and O–H groups in total. The number of rotatable bonds is 62. The van der Waals surface area contributed by atoms with Gasteiger partial charge >= 0.3 is 24.1 Å². The number of carboxylic acids is 1. The lowest BCUT2D eigenvalue weighted by molar-refractivity contribution is -0.143. The van der Waals surface area contributed by atoms with Crippen molar-refractivity contribution < 1.29 is 172 Å². The summed E-state index contributed by atoms with van der Waals surface area (Å²) in [6.07, 6.45) is -8.46. The number of amides is 25. The molecule has 144 heavy (non-hydrogen) atoms. The second kappa shape index (κ2) is 62.3. The molecule has 2 fully saturated rings. The minimum Gasteiger partial charge on any atom is -0.508 e. The van der Waals surface area contributed by atoms with E-state index in [1.807, 2.05) is 16.0 Å². The number of nitrogens with one attached hydrogen (secondary N) is 20. The fourth-order valence-corrected chi connectivity index (χ4v) is 14.3. The zero-order valence-electron chi connectivity index (χ0n) is 80.0. The van der Waals surface area contributed by atoms with E-state index >= 15 is 0 Å². The van der Waals surface area contributed by atoms with Crippen LogP contribution in [-0.2, 0) is 102 Å². The van der Waals surface area contributed by atoms with E-state index in [9.17, 15) is 172 Å². The molecule has 1 aromatic rings. The van der Waals surface area contributed by atoms with E-state index < -0.39 is 334 Å². The van der Waals surface area contributed by atoms with Gasteiger partial charge in [-0.1, -0.05) is 26.0 Å². The lowest BCUT2D eigenvalue weighted by Gasteiger charge is -2.30. The number of likely N-dealkylation sites (tertiary alicyclic amines) is 2. The SMILES string of the molecule is CC(C)[C@H](NC(=O)[C@H](Cc1ccc(O)cc1)NC(=O)[C@H](CO)NC(=O)[C@H](CCCNC(N)=O)NC(=O)[C@H](CO)NC(=O)[C@H](CO)NC(=O)[C@H](CO)NC(=O)[C@@H]1CCCN1C(=O)[C@H](CCCNC(N)=O)NC(=O)[C@H](CO)NC(=O)[C@H](C)NC(=O)[C@@H](NC(=O)CNC(=O)[C@@H]1CCCN1C(=O)CN)[C@@H](C)O)C(=O)N[C@H](C(=O)N[C@H](C(=O)N[C@@H](CO)C(=O)N[C@H](C(=O)N[C@@H](CCCNC(N)=O)C(=O)O)[C@@H](C)O)[C@@H](C)O)[C@@H](C)O. The Labute approximate surface area is 823 Å². The fraction of sp³-hybridized carbons (Fsp3) is 0.651. The van der Waals surface area contributed by atoms with Gasteiger partial charge in [0.25, 0.3) is 0 Å². The van der Waals surface area contributed by atoms with E-state index in [2.05, 4.69) is 90.4 Å². The van der Waals surface area contributed by atoms with Gasteiger partial charge in [0.05, 0.1) is 77.1 Å². The van der Waals surface area contributed by atoms with Crippen molar-refractivity contribution in [2.45, 2.75) is 252 Å². The number of primary amides is 3. The Bertz CT molecular complexity index is 4590. The van der Waals surface area contributed by atoms with Crippen LogP contribution in [-0.4, -0.2) is 426 Å². The molecule has 0 bridgehead atoms. The Hall–Kier alpha value is -14.2. The van der Waals surface area contributed by atoms with Crippen molar-refractivity contribution in [1.82, 2.24) is 116 Å². The van der Waals surface area contributed by atoms with Crippen molar-refractivity contribution in [3.63, 3.8) is 0 Å². The molecular weight excluding hydrogens is 1920 g/mol. The van der Waals surface area contributed by atoms with Crippen LogP contribution in [0.4, 0.5) is 14.4 Å². The molecule has 0 saturated carbocycles. The Morgan fingerprint density at radius 1 is 0.347 bits per heavy atom. The standard InChI is InChI=1S/C83H136N26O35/c1-36(2)58(74(134)106-62(41(7)119)78(138)107-61(40(6)118)77(137)102-53(35-115)71(131)105-60(39(5)117)76(136)95-46(80(140)141)15-10-24-90-83(87)144)104-65(125)47(27-42-18-20-43(120)21-19-42)96-68(128)50(32-112)98-64(124)44(13-8-22-88-81(85)142)93-66(126)49(31-111)99-69(129)51(33-113)100-70(130)52(34-114)101-73(133)55-17-12-26-109(55)79(139)45(14-9-23-89-82(86)143)94-67(127)48(30-110)97-63(123)37(3)92-75(135)59(38(4)116)103-56(121)29-91-72(132)54-16-11-25-108(54)57(122)28-84/h18-21,36-41,44-55,58-62,110-120H,8-17,22-35,84H2,1-7H3,(H,91,132)(H,92,135)(H,93,126)(H,94,127)(H,95,136)(H,96,128)(H,97,123)(H,98,124)(H,99,129)(H,100,130)(H,101,133)(H,102,137)(H,103,121)(H,104,125)(H,105,131)(H,106,134)(H,107,138)(H,140,141)(H3,85,88,142)(H3,86,89,143)(H3,87,90,144)/t37-,38+,39+,40+,41+,44-,45-,46-,47-,48-,49-,50-,51-,52-,53-,54-,55-,58-,59-,60-,61-,62-/m0/s1. The Balaban J connectivity index is 1.81. The highest BCUT2D eigenvalue weighted by Gasteiger charge is 2.44. The smallest absolute Gasteiger partial charge is 0.326 e. The van der Waals surface area contributed by atoms with Gasteiger partial charge in [0.1, 0.15) is 115 Å². The first-order chi connectivity index (χ1) is 67.7. The molecule has 0 aromatic heterocycles. The average Bonchev–Trinajstić information content (AvgIpc) is 1.43. The quantitative estimate of drug-likeness (QED) is 0.0269. The van der Waals surface area contributed by atoms with Crippen LogP contribution in [0, 0.1) is 5.92 Å². The minimum atomic E-state index is -2.12. The maximum Gasteiger partial charge on any atom is 0.326 e. The summed E-state index contributed by atoms with van der Waals surface area (Å²) in [4.78, 5) is 309. The fourth-order valence-electron chi connectivity index (χ4n) is 14.3. The second-order valence-electron chi connectivity index (χ2n) is 34.0. The molecule has 22 atom stereocenters. The summed E-state index contributed by atoms with van der Waals surface area (Å²) in [5.41, 5.74) is 21.1. The van der Waals surface area contributed by atoms with E-state index in [0.717, 1.165) is 39.5 Å². The minimum absolute atomic E-state index is 0.0169. The van der Waals surface area contributed by atoms with Gasteiger partial charge in [-0.3, -0.25) is 91.1 Å². The second-order valence-corrected chi connectivity index (χ2v) is 34.0. The molecule has 25 amide bonds. The van der Waals surface area contributed by atoms with Crippen molar-refractivity contribution in [1.29, 1.82) is 0 Å². The van der Waals surface area contributed by atoms with Crippen LogP contribution in [0.15, 0.2) is 24.3 Å². The number of aliphatic carboxylic acids is 1. The van der Waals surface area contributed by atoms with Crippen LogP contribution >= 0.6 is 0 Å². The topological polar surface area (TPSA) is 987 Å². The molecule has 0 spiro atoms. The van der Waals surface area contributed by atoms with Gasteiger partial charge < -0.3 is 200 Å². The zero-order chi connectivity index (χ0) is 109. The van der Waals surface area contributed by atoms with E-state index in [-0.39, 0.29) is 102 Å². The highest BCUT2D eigenvalue weighted by molar-refractivity contribution is 6.02. The molecule has 2 aliphatic rings. The van der Waals surface area contributed by atoms with Gasteiger partial charge in [-0.25, -0.2) is 19.2 Å². The number of benzene rings is 1. The lowest BCUT2D eigenvalue weighted by Crippen LogP contribution is -2.64. The van der Waals surface area contributed by atoms with Crippen LogP contribution in [0.25, 0.3) is 0 Å². The van der Waals surface area contributed by atoms with E-state index in [4.69, 9.17) is 22.9 Å². The summed E-state index contributed by atoms with van der Waals surface area (Å²) < 4.78 is 0. The van der Waals surface area contributed by atoms with Crippen molar-refractivity contribution in [3.05, 3.63) is 29.8 Å². The number of carbonyl (C=O) groups is 23. The number of carboxylic acid groups (broad SMARTS) is 1. The highest BCUT2D eigenvalue weighted by atomic mass is 16.4. The van der Waals surface area contributed by atoms with Crippen LogP contribution in [0.1, 0.15) is 118 Å². The van der Waals surface area contributed by atoms with E-state index in [1.54, 1.807) is 0 Å². The Morgan fingerprint density at radius 2 is 0.653 bits per heavy atom. The van der Waals surface area contributed by atoms with Crippen LogP contribution in [0.5, 0.6) is 5.75 Å². The molecule has 61 heteroatoms. The van der Waals surface area contributed by atoms with Crippen LogP contribution in [0.2, 0.25) is 0 Å². The highest BCUT2D eigenvalue weighted by Crippen LogP contribution is 2.22.